The molecule has 1 aromatic heterocycles. The molecule has 0 saturated heterocycles. The maximum absolute atomic E-state index is 5.18. The lowest BCUT2D eigenvalue weighted by Gasteiger charge is -2.13. The molecule has 2 nitrogen and oxygen atoms in total. The number of aryl methyl sites for hydroxylation is 4. The second kappa shape index (κ2) is 6.13. The Morgan fingerprint density at radius 1 is 0.750 bits per heavy atom. The Morgan fingerprint density at radius 3 is 2.21 bits per heavy atom. The van der Waals surface area contributed by atoms with Gasteiger partial charge in [0, 0.05) is 10.9 Å². The van der Waals surface area contributed by atoms with Gasteiger partial charge >= 0.3 is 0 Å². The van der Waals surface area contributed by atoms with E-state index in [1.54, 1.807) is 0 Å². The molecule has 5 rings (SSSR count). The third-order valence-corrected chi connectivity index (χ3v) is 5.75. The SMILES string of the molecule is Cc1ccc2c(c1)c1nc(-c3ccccc3)c[n+](C)c1c1c(C)ccc(C)c21. The highest BCUT2D eigenvalue weighted by atomic mass is 15.0. The minimum Gasteiger partial charge on any atom is -0.234 e. The molecule has 0 N–H and O–H groups in total. The van der Waals surface area contributed by atoms with Crippen LogP contribution < -0.4 is 4.57 Å². The third kappa shape index (κ3) is 2.41. The number of fused-ring (bicyclic) bond motifs is 6. The summed E-state index contributed by atoms with van der Waals surface area (Å²) in [5.41, 5.74) is 8.28. The quantitative estimate of drug-likeness (QED) is 0.265. The molecule has 1 heterocycles. The van der Waals surface area contributed by atoms with Crippen LogP contribution in [0.4, 0.5) is 0 Å². The standard InChI is InChI=1S/C26H23N2/c1-16-10-13-20-21(14-16)25-26(24-18(3)12-11-17(2)23(20)24)28(4)15-22(27-25)19-8-6-5-7-9-19/h5-15H,1-4H3/q+1. The molecule has 0 aliphatic rings. The summed E-state index contributed by atoms with van der Waals surface area (Å²) in [7, 11) is 2.14. The van der Waals surface area contributed by atoms with Crippen molar-refractivity contribution < 1.29 is 4.57 Å². The Kier molecular flexibility index (Phi) is 3.70. The third-order valence-electron chi connectivity index (χ3n) is 5.75. The predicted octanol–water partition coefficient (Wildman–Crippen LogP) is 5.96. The van der Waals surface area contributed by atoms with Gasteiger partial charge in [0.15, 0.2) is 6.20 Å². The van der Waals surface area contributed by atoms with E-state index in [1.807, 2.05) is 6.07 Å². The second-order valence-corrected chi connectivity index (χ2v) is 7.80. The molecular weight excluding hydrogens is 340 g/mol. The highest BCUT2D eigenvalue weighted by Crippen LogP contribution is 2.37. The van der Waals surface area contributed by atoms with Crippen molar-refractivity contribution >= 4 is 32.6 Å². The average molecular weight is 363 g/mol. The van der Waals surface area contributed by atoms with Crippen LogP contribution >= 0.6 is 0 Å². The number of nitrogens with zero attached hydrogens (tertiary/aromatic N) is 2. The Bertz CT molecular complexity index is 1380. The van der Waals surface area contributed by atoms with E-state index in [4.69, 9.17) is 4.98 Å². The van der Waals surface area contributed by atoms with Gasteiger partial charge < -0.3 is 0 Å². The molecule has 0 aliphatic carbocycles. The van der Waals surface area contributed by atoms with Gasteiger partial charge in [-0.15, -0.1) is 0 Å². The van der Waals surface area contributed by atoms with Gasteiger partial charge in [0.1, 0.15) is 18.3 Å². The summed E-state index contributed by atoms with van der Waals surface area (Å²) < 4.78 is 2.25. The normalized spacial score (nSPS) is 11.6. The van der Waals surface area contributed by atoms with Crippen LogP contribution in [0.15, 0.2) is 66.9 Å². The fourth-order valence-electron chi connectivity index (χ4n) is 4.38. The molecule has 0 unspecified atom stereocenters. The molecule has 0 amide bonds. The van der Waals surface area contributed by atoms with Gasteiger partial charge in [0.05, 0.1) is 5.39 Å². The Hall–Kier alpha value is -3.26. The topological polar surface area (TPSA) is 16.8 Å². The van der Waals surface area contributed by atoms with E-state index in [9.17, 15) is 0 Å². The summed E-state index contributed by atoms with van der Waals surface area (Å²) in [6, 6.07) is 21.6. The van der Waals surface area contributed by atoms with Crippen LogP contribution in [0.5, 0.6) is 0 Å². The number of rotatable bonds is 1. The van der Waals surface area contributed by atoms with Crippen LogP contribution in [0.2, 0.25) is 0 Å². The molecule has 136 valence electrons. The fourth-order valence-corrected chi connectivity index (χ4v) is 4.38. The van der Waals surface area contributed by atoms with E-state index in [0.29, 0.717) is 0 Å². The van der Waals surface area contributed by atoms with Crippen molar-refractivity contribution in [3.8, 4) is 11.3 Å². The van der Waals surface area contributed by atoms with E-state index in [-0.39, 0.29) is 0 Å². The van der Waals surface area contributed by atoms with E-state index in [2.05, 4.69) is 93.2 Å². The van der Waals surface area contributed by atoms with Gasteiger partial charge in [-0.2, -0.15) is 4.57 Å². The zero-order valence-electron chi connectivity index (χ0n) is 16.7. The molecule has 0 fully saturated rings. The first kappa shape index (κ1) is 16.9. The zero-order chi connectivity index (χ0) is 19.4. The van der Waals surface area contributed by atoms with Gasteiger partial charge in [-0.1, -0.05) is 60.2 Å². The summed E-state index contributed by atoms with van der Waals surface area (Å²) in [5, 5.41) is 5.16. The van der Waals surface area contributed by atoms with Crippen LogP contribution in [0, 0.1) is 20.8 Å². The highest BCUT2D eigenvalue weighted by Gasteiger charge is 2.21. The van der Waals surface area contributed by atoms with E-state index in [0.717, 1.165) is 16.8 Å². The van der Waals surface area contributed by atoms with Gasteiger partial charge in [-0.25, -0.2) is 4.98 Å². The Balaban J connectivity index is 2.07. The molecule has 2 heteroatoms. The van der Waals surface area contributed by atoms with Gasteiger partial charge in [-0.3, -0.25) is 0 Å². The lowest BCUT2D eigenvalue weighted by molar-refractivity contribution is -0.643. The van der Waals surface area contributed by atoms with Crippen LogP contribution in [-0.2, 0) is 7.05 Å². The minimum atomic E-state index is 1.00. The second-order valence-electron chi connectivity index (χ2n) is 7.80. The van der Waals surface area contributed by atoms with Crippen molar-refractivity contribution in [3.63, 3.8) is 0 Å². The summed E-state index contributed by atoms with van der Waals surface area (Å²) >= 11 is 0. The molecule has 4 aromatic carbocycles. The molecule has 0 radical (unpaired) electrons. The van der Waals surface area contributed by atoms with Gasteiger partial charge in [0.25, 0.3) is 0 Å². The van der Waals surface area contributed by atoms with Crippen LogP contribution in [0.25, 0.3) is 43.8 Å². The molecule has 0 atom stereocenters. The zero-order valence-corrected chi connectivity index (χ0v) is 16.7. The largest absolute Gasteiger partial charge is 0.239 e. The number of hydrogen-bond donors (Lipinski definition) is 0. The first-order valence-electron chi connectivity index (χ1n) is 9.72. The average Bonchev–Trinajstić information content (AvgIpc) is 2.70. The summed E-state index contributed by atoms with van der Waals surface area (Å²) in [4.78, 5) is 5.18. The molecule has 5 aromatic rings. The summed E-state index contributed by atoms with van der Waals surface area (Å²) in [6.45, 7) is 6.56. The molecule has 0 aliphatic heterocycles. The van der Waals surface area contributed by atoms with Crippen molar-refractivity contribution in [2.45, 2.75) is 20.8 Å². The van der Waals surface area contributed by atoms with Crippen molar-refractivity contribution in [2.24, 2.45) is 7.05 Å². The molecular formula is C26H23N2+. The molecule has 28 heavy (non-hydrogen) atoms. The van der Waals surface area contributed by atoms with E-state index in [1.165, 1.54) is 43.8 Å². The van der Waals surface area contributed by atoms with Crippen molar-refractivity contribution in [3.05, 3.63) is 83.6 Å². The first-order chi connectivity index (χ1) is 13.5. The van der Waals surface area contributed by atoms with Crippen LogP contribution in [-0.4, -0.2) is 4.98 Å². The molecule has 0 saturated carbocycles. The van der Waals surface area contributed by atoms with Crippen molar-refractivity contribution in [2.75, 3.05) is 0 Å². The van der Waals surface area contributed by atoms with E-state index < -0.39 is 0 Å². The minimum absolute atomic E-state index is 1.00. The molecule has 0 spiro atoms. The lowest BCUT2D eigenvalue weighted by Crippen LogP contribution is -2.30. The Labute approximate surface area is 165 Å². The lowest BCUT2D eigenvalue weighted by atomic mass is 9.92. The van der Waals surface area contributed by atoms with Gasteiger partial charge in [-0.05, 0) is 48.7 Å². The highest BCUT2D eigenvalue weighted by molar-refractivity contribution is 6.24. The maximum atomic E-state index is 5.18. The smallest absolute Gasteiger partial charge is 0.234 e. The van der Waals surface area contributed by atoms with Crippen molar-refractivity contribution in [1.29, 1.82) is 0 Å². The van der Waals surface area contributed by atoms with Crippen molar-refractivity contribution in [1.82, 2.24) is 4.98 Å². The predicted molar refractivity (Wildman–Crippen MR) is 118 cm³/mol. The first-order valence-corrected chi connectivity index (χ1v) is 9.72. The van der Waals surface area contributed by atoms with Crippen LogP contribution in [0.3, 0.4) is 0 Å². The summed E-state index contributed by atoms with van der Waals surface area (Å²) in [5.74, 6) is 0. The van der Waals surface area contributed by atoms with Gasteiger partial charge in [0.2, 0.25) is 5.52 Å². The summed E-state index contributed by atoms with van der Waals surface area (Å²) in [6.07, 6.45) is 2.15. The molecule has 0 bridgehead atoms. The number of hydrogen-bond acceptors (Lipinski definition) is 1. The van der Waals surface area contributed by atoms with Crippen LogP contribution in [0.1, 0.15) is 16.7 Å². The maximum Gasteiger partial charge on any atom is 0.239 e. The Morgan fingerprint density at radius 2 is 1.46 bits per heavy atom. The van der Waals surface area contributed by atoms with E-state index >= 15 is 0 Å². The monoisotopic (exact) mass is 363 g/mol. The number of aromatic nitrogens is 2. The fraction of sp³-hybridized carbons (Fsp3) is 0.154. The number of benzene rings is 4.